The summed E-state index contributed by atoms with van der Waals surface area (Å²) in [7, 11) is 1.31. The summed E-state index contributed by atoms with van der Waals surface area (Å²) in [6, 6.07) is 5.39. The highest BCUT2D eigenvalue weighted by Gasteiger charge is 2.26. The standard InChI is InChI=1S/C14H16FNO4/c1-19-13(17)8-12-9-16(6-7-20-12)14(18)10-2-4-11(15)5-3-10/h2-5,12H,6-9H2,1H3. The molecule has 1 fully saturated rings. The molecule has 1 aliphatic heterocycles. The summed E-state index contributed by atoms with van der Waals surface area (Å²) < 4.78 is 22.9. The van der Waals surface area contributed by atoms with Crippen molar-refractivity contribution in [2.24, 2.45) is 0 Å². The largest absolute Gasteiger partial charge is 0.469 e. The minimum Gasteiger partial charge on any atom is -0.469 e. The fourth-order valence-electron chi connectivity index (χ4n) is 2.07. The van der Waals surface area contributed by atoms with Gasteiger partial charge in [0.1, 0.15) is 5.82 Å². The second kappa shape index (κ2) is 6.47. The molecule has 1 aliphatic rings. The molecule has 0 N–H and O–H groups in total. The van der Waals surface area contributed by atoms with Gasteiger partial charge in [-0.1, -0.05) is 0 Å². The van der Waals surface area contributed by atoms with Crippen LogP contribution in [0, 0.1) is 5.82 Å². The summed E-state index contributed by atoms with van der Waals surface area (Å²) in [6.07, 6.45) is -0.246. The zero-order chi connectivity index (χ0) is 14.5. The molecule has 1 aromatic rings. The Kier molecular flexibility index (Phi) is 4.68. The highest BCUT2D eigenvalue weighted by Crippen LogP contribution is 2.13. The number of carbonyl (C=O) groups is 2. The van der Waals surface area contributed by atoms with Gasteiger partial charge >= 0.3 is 5.97 Å². The minimum absolute atomic E-state index is 0.115. The molecule has 6 heteroatoms. The smallest absolute Gasteiger partial charge is 0.308 e. The molecule has 1 atom stereocenters. The van der Waals surface area contributed by atoms with Gasteiger partial charge in [-0.25, -0.2) is 4.39 Å². The second-order valence-electron chi connectivity index (χ2n) is 4.53. The first-order valence-electron chi connectivity index (χ1n) is 6.33. The number of morpholine rings is 1. The Morgan fingerprint density at radius 2 is 2.10 bits per heavy atom. The van der Waals surface area contributed by atoms with Crippen LogP contribution < -0.4 is 0 Å². The molecule has 1 aromatic carbocycles. The van der Waals surface area contributed by atoms with Crippen molar-refractivity contribution in [3.8, 4) is 0 Å². The maximum Gasteiger partial charge on any atom is 0.308 e. The number of hydrogen-bond donors (Lipinski definition) is 0. The van der Waals surface area contributed by atoms with E-state index in [1.807, 2.05) is 0 Å². The van der Waals surface area contributed by atoms with Crippen molar-refractivity contribution in [2.45, 2.75) is 12.5 Å². The number of hydrogen-bond acceptors (Lipinski definition) is 4. The molecule has 20 heavy (non-hydrogen) atoms. The molecule has 0 bridgehead atoms. The number of rotatable bonds is 3. The summed E-state index contributed by atoms with van der Waals surface area (Å²) in [6.45, 7) is 1.15. The van der Waals surface area contributed by atoms with Gasteiger partial charge in [0.05, 0.1) is 26.2 Å². The Morgan fingerprint density at radius 1 is 1.40 bits per heavy atom. The first kappa shape index (κ1) is 14.5. The predicted octanol–water partition coefficient (Wildman–Crippen LogP) is 1.23. The van der Waals surface area contributed by atoms with E-state index in [0.717, 1.165) is 0 Å². The predicted molar refractivity (Wildman–Crippen MR) is 68.7 cm³/mol. The van der Waals surface area contributed by atoms with Gasteiger partial charge in [0.2, 0.25) is 0 Å². The van der Waals surface area contributed by atoms with E-state index in [1.54, 1.807) is 4.90 Å². The van der Waals surface area contributed by atoms with Crippen LogP contribution in [0.5, 0.6) is 0 Å². The summed E-state index contributed by atoms with van der Waals surface area (Å²) in [4.78, 5) is 25.1. The zero-order valence-corrected chi connectivity index (χ0v) is 11.2. The van der Waals surface area contributed by atoms with Gasteiger partial charge < -0.3 is 14.4 Å². The molecule has 0 saturated carbocycles. The molecule has 1 saturated heterocycles. The number of carbonyl (C=O) groups excluding carboxylic acids is 2. The quantitative estimate of drug-likeness (QED) is 0.782. The van der Waals surface area contributed by atoms with E-state index in [-0.39, 0.29) is 30.2 Å². The Labute approximate surface area is 116 Å². The van der Waals surface area contributed by atoms with Crippen molar-refractivity contribution in [3.05, 3.63) is 35.6 Å². The van der Waals surface area contributed by atoms with Crippen molar-refractivity contribution in [2.75, 3.05) is 26.8 Å². The van der Waals surface area contributed by atoms with Crippen LogP contribution >= 0.6 is 0 Å². The third-order valence-corrected chi connectivity index (χ3v) is 3.14. The van der Waals surface area contributed by atoms with Gasteiger partial charge in [0.25, 0.3) is 5.91 Å². The van der Waals surface area contributed by atoms with Crippen LogP contribution in [0.15, 0.2) is 24.3 Å². The van der Waals surface area contributed by atoms with E-state index in [1.165, 1.54) is 31.4 Å². The lowest BCUT2D eigenvalue weighted by atomic mass is 10.1. The summed E-state index contributed by atoms with van der Waals surface area (Å²) in [5.74, 6) is -0.943. The number of nitrogens with zero attached hydrogens (tertiary/aromatic N) is 1. The Hall–Kier alpha value is -1.95. The van der Waals surface area contributed by atoms with Crippen LogP contribution in [0.25, 0.3) is 0 Å². The van der Waals surface area contributed by atoms with E-state index in [0.29, 0.717) is 25.3 Å². The van der Waals surface area contributed by atoms with E-state index in [9.17, 15) is 14.0 Å². The van der Waals surface area contributed by atoms with Gasteiger partial charge in [-0.05, 0) is 24.3 Å². The lowest BCUT2D eigenvalue weighted by Crippen LogP contribution is -2.46. The number of amides is 1. The lowest BCUT2D eigenvalue weighted by molar-refractivity contribution is -0.145. The van der Waals surface area contributed by atoms with Crippen molar-refractivity contribution >= 4 is 11.9 Å². The molecule has 1 heterocycles. The average molecular weight is 281 g/mol. The summed E-state index contributed by atoms with van der Waals surface area (Å²) in [5.41, 5.74) is 0.421. The van der Waals surface area contributed by atoms with Gasteiger partial charge in [-0.3, -0.25) is 9.59 Å². The molecule has 108 valence electrons. The van der Waals surface area contributed by atoms with Crippen molar-refractivity contribution in [1.29, 1.82) is 0 Å². The highest BCUT2D eigenvalue weighted by atomic mass is 19.1. The molecule has 0 aliphatic carbocycles. The van der Waals surface area contributed by atoms with Gasteiger partial charge in [-0.15, -0.1) is 0 Å². The van der Waals surface area contributed by atoms with E-state index in [4.69, 9.17) is 4.74 Å². The van der Waals surface area contributed by atoms with E-state index in [2.05, 4.69) is 4.74 Å². The summed E-state index contributed by atoms with van der Waals surface area (Å²) >= 11 is 0. The van der Waals surface area contributed by atoms with Crippen LogP contribution in [0.3, 0.4) is 0 Å². The fraction of sp³-hybridized carbons (Fsp3) is 0.429. The third kappa shape index (κ3) is 3.54. The Morgan fingerprint density at radius 3 is 2.75 bits per heavy atom. The van der Waals surface area contributed by atoms with Crippen LogP contribution in [0.1, 0.15) is 16.8 Å². The third-order valence-electron chi connectivity index (χ3n) is 3.14. The first-order chi connectivity index (χ1) is 9.60. The molecule has 1 unspecified atom stereocenters. The topological polar surface area (TPSA) is 55.8 Å². The molecule has 0 spiro atoms. The molecular weight excluding hydrogens is 265 g/mol. The van der Waals surface area contributed by atoms with Crippen molar-refractivity contribution in [1.82, 2.24) is 4.90 Å². The second-order valence-corrected chi connectivity index (χ2v) is 4.53. The molecule has 1 amide bonds. The molecular formula is C14H16FNO4. The van der Waals surface area contributed by atoms with E-state index < -0.39 is 0 Å². The number of esters is 1. The number of ether oxygens (including phenoxy) is 2. The van der Waals surface area contributed by atoms with Gasteiger partial charge in [-0.2, -0.15) is 0 Å². The summed E-state index contributed by atoms with van der Waals surface area (Å²) in [5, 5.41) is 0. The van der Waals surface area contributed by atoms with Gasteiger partial charge in [0, 0.05) is 18.7 Å². The Bertz CT molecular complexity index is 488. The van der Waals surface area contributed by atoms with Crippen molar-refractivity contribution in [3.63, 3.8) is 0 Å². The number of methoxy groups -OCH3 is 1. The van der Waals surface area contributed by atoms with Crippen molar-refractivity contribution < 1.29 is 23.5 Å². The maximum atomic E-state index is 12.8. The highest BCUT2D eigenvalue weighted by molar-refractivity contribution is 5.94. The fourth-order valence-corrected chi connectivity index (χ4v) is 2.07. The molecule has 0 radical (unpaired) electrons. The molecule has 0 aromatic heterocycles. The zero-order valence-electron chi connectivity index (χ0n) is 11.2. The molecule has 5 nitrogen and oxygen atoms in total. The monoisotopic (exact) mass is 281 g/mol. The number of halogens is 1. The van der Waals surface area contributed by atoms with Crippen LogP contribution in [-0.4, -0.2) is 49.7 Å². The lowest BCUT2D eigenvalue weighted by Gasteiger charge is -2.32. The first-order valence-corrected chi connectivity index (χ1v) is 6.33. The van der Waals surface area contributed by atoms with Gasteiger partial charge in [0.15, 0.2) is 0 Å². The normalized spacial score (nSPS) is 18.7. The van der Waals surface area contributed by atoms with Crippen LogP contribution in [0.2, 0.25) is 0 Å². The van der Waals surface area contributed by atoms with E-state index >= 15 is 0 Å². The molecule has 2 rings (SSSR count). The average Bonchev–Trinajstić information content (AvgIpc) is 2.47. The van der Waals surface area contributed by atoms with Crippen LogP contribution in [-0.2, 0) is 14.3 Å². The van der Waals surface area contributed by atoms with Crippen LogP contribution in [0.4, 0.5) is 4.39 Å². The SMILES string of the molecule is COC(=O)CC1CN(C(=O)c2ccc(F)cc2)CCO1. The number of benzene rings is 1. The Balaban J connectivity index is 1.99. The maximum absolute atomic E-state index is 12.8. The minimum atomic E-state index is -0.382.